The Morgan fingerprint density at radius 2 is 2.04 bits per heavy atom. The van der Waals surface area contributed by atoms with Gasteiger partial charge in [-0.15, -0.1) is 0 Å². The highest BCUT2D eigenvalue weighted by molar-refractivity contribution is 6.30. The lowest BCUT2D eigenvalue weighted by atomic mass is 9.92. The zero-order valence-electron chi connectivity index (χ0n) is 14.5. The fourth-order valence-electron chi connectivity index (χ4n) is 3.60. The van der Waals surface area contributed by atoms with E-state index in [1.54, 1.807) is 12.1 Å². The molecule has 2 unspecified atom stereocenters. The van der Waals surface area contributed by atoms with E-state index in [-0.39, 0.29) is 23.3 Å². The number of halogens is 1. The van der Waals surface area contributed by atoms with Gasteiger partial charge in [0.05, 0.1) is 11.3 Å². The highest BCUT2D eigenvalue weighted by Crippen LogP contribution is 2.37. The first-order chi connectivity index (χ1) is 12.5. The molecule has 1 fully saturated rings. The summed E-state index contributed by atoms with van der Waals surface area (Å²) in [4.78, 5) is 8.86. The van der Waals surface area contributed by atoms with Gasteiger partial charge in [-0.3, -0.25) is 0 Å². The van der Waals surface area contributed by atoms with Crippen molar-refractivity contribution >= 4 is 17.4 Å². The molecular formula is C19H22ClN5O. The van der Waals surface area contributed by atoms with Crippen LogP contribution in [0.5, 0.6) is 5.75 Å². The van der Waals surface area contributed by atoms with Crippen molar-refractivity contribution in [3.8, 4) is 23.2 Å². The van der Waals surface area contributed by atoms with E-state index in [0.717, 1.165) is 32.1 Å². The lowest BCUT2D eigenvalue weighted by Crippen LogP contribution is -2.13. The summed E-state index contributed by atoms with van der Waals surface area (Å²) in [5, 5.41) is 20.2. The van der Waals surface area contributed by atoms with Crippen LogP contribution in [0.2, 0.25) is 5.02 Å². The molecule has 1 aliphatic carbocycles. The smallest absolute Gasteiger partial charge is 0.165 e. The number of aromatic hydroxyl groups is 1. The summed E-state index contributed by atoms with van der Waals surface area (Å²) in [5.74, 6) is 1.09. The molecule has 3 rings (SSSR count). The Hall–Kier alpha value is -2.36. The third-order valence-electron chi connectivity index (χ3n) is 5.08. The van der Waals surface area contributed by atoms with Crippen molar-refractivity contribution in [1.82, 2.24) is 9.97 Å². The molecule has 1 aromatic heterocycles. The number of nitriles is 1. The van der Waals surface area contributed by atoms with Crippen LogP contribution < -0.4 is 11.5 Å². The van der Waals surface area contributed by atoms with Gasteiger partial charge in [-0.2, -0.15) is 5.26 Å². The SMILES string of the molecule is N#Cc1c(N)nc(-c2cc(Cl)ccc2O)nc1C1CCCC(CN)CC1. The topological polar surface area (TPSA) is 122 Å². The molecule has 2 atom stereocenters. The first kappa shape index (κ1) is 18.4. The molecular weight excluding hydrogens is 350 g/mol. The Morgan fingerprint density at radius 3 is 2.77 bits per heavy atom. The number of hydrogen-bond acceptors (Lipinski definition) is 6. The number of nitrogen functional groups attached to an aromatic ring is 1. The van der Waals surface area contributed by atoms with Crippen LogP contribution in [0, 0.1) is 17.2 Å². The van der Waals surface area contributed by atoms with E-state index in [0.29, 0.717) is 34.3 Å². The highest BCUT2D eigenvalue weighted by atomic mass is 35.5. The van der Waals surface area contributed by atoms with Crippen molar-refractivity contribution in [2.75, 3.05) is 12.3 Å². The third-order valence-corrected chi connectivity index (χ3v) is 5.32. The van der Waals surface area contributed by atoms with Crippen LogP contribution in [0.1, 0.15) is 49.3 Å². The summed E-state index contributed by atoms with van der Waals surface area (Å²) in [5.41, 5.74) is 13.3. The Labute approximate surface area is 157 Å². The van der Waals surface area contributed by atoms with Crippen LogP contribution in [0.3, 0.4) is 0 Å². The highest BCUT2D eigenvalue weighted by Gasteiger charge is 2.25. The van der Waals surface area contributed by atoms with Crippen molar-refractivity contribution in [3.05, 3.63) is 34.5 Å². The van der Waals surface area contributed by atoms with Crippen LogP contribution in [0.4, 0.5) is 5.82 Å². The maximum Gasteiger partial charge on any atom is 0.165 e. The molecule has 1 aliphatic rings. The number of aromatic nitrogens is 2. The van der Waals surface area contributed by atoms with E-state index in [1.165, 1.54) is 6.07 Å². The minimum atomic E-state index is 0.0218. The largest absolute Gasteiger partial charge is 0.507 e. The second-order valence-electron chi connectivity index (χ2n) is 6.77. The molecule has 0 aliphatic heterocycles. The number of nitrogens with zero attached hydrogens (tertiary/aromatic N) is 3. The molecule has 26 heavy (non-hydrogen) atoms. The number of phenols is 1. The molecule has 0 saturated heterocycles. The van der Waals surface area contributed by atoms with Crippen LogP contribution >= 0.6 is 11.6 Å². The van der Waals surface area contributed by atoms with Gasteiger partial charge in [0.2, 0.25) is 0 Å². The second kappa shape index (κ2) is 7.90. The molecule has 0 spiro atoms. The van der Waals surface area contributed by atoms with Gasteiger partial charge in [0, 0.05) is 10.9 Å². The van der Waals surface area contributed by atoms with E-state index in [1.807, 2.05) is 0 Å². The summed E-state index contributed by atoms with van der Waals surface area (Å²) in [7, 11) is 0. The molecule has 6 nitrogen and oxygen atoms in total. The summed E-state index contributed by atoms with van der Waals surface area (Å²) < 4.78 is 0. The average Bonchev–Trinajstić information content (AvgIpc) is 2.88. The van der Waals surface area contributed by atoms with Crippen molar-refractivity contribution in [3.63, 3.8) is 0 Å². The number of benzene rings is 1. The normalized spacial score (nSPS) is 20.3. The van der Waals surface area contributed by atoms with Crippen LogP contribution in [-0.2, 0) is 0 Å². The fraction of sp³-hybridized carbons (Fsp3) is 0.421. The van der Waals surface area contributed by atoms with Crippen molar-refractivity contribution in [2.45, 2.75) is 38.0 Å². The minimum Gasteiger partial charge on any atom is -0.507 e. The minimum absolute atomic E-state index is 0.0218. The van der Waals surface area contributed by atoms with Gasteiger partial charge in [0.1, 0.15) is 23.2 Å². The van der Waals surface area contributed by atoms with E-state index >= 15 is 0 Å². The molecule has 0 amide bonds. The monoisotopic (exact) mass is 371 g/mol. The molecule has 136 valence electrons. The first-order valence-electron chi connectivity index (χ1n) is 8.80. The van der Waals surface area contributed by atoms with Crippen LogP contribution in [-0.4, -0.2) is 21.6 Å². The van der Waals surface area contributed by atoms with Gasteiger partial charge < -0.3 is 16.6 Å². The summed E-state index contributed by atoms with van der Waals surface area (Å²) in [6.07, 6.45) is 4.99. The predicted octanol–water partition coefficient (Wildman–Crippen LogP) is 3.58. The standard InChI is InChI=1S/C19H22ClN5O/c20-13-6-7-16(26)14(8-13)19-24-17(15(10-22)18(23)25-19)12-3-1-2-11(9-21)4-5-12/h6-8,11-12,26H,1-5,9,21H2,(H2,23,24,25). The van der Waals surface area contributed by atoms with E-state index < -0.39 is 0 Å². The maximum absolute atomic E-state index is 10.2. The molecule has 1 saturated carbocycles. The summed E-state index contributed by atoms with van der Waals surface area (Å²) in [6.45, 7) is 0.686. The van der Waals surface area contributed by atoms with Crippen LogP contribution in [0.25, 0.3) is 11.4 Å². The quantitative estimate of drug-likeness (QED) is 0.709. The Bertz CT molecular complexity index is 849. The molecule has 0 bridgehead atoms. The van der Waals surface area contributed by atoms with Crippen molar-refractivity contribution < 1.29 is 5.11 Å². The van der Waals surface area contributed by atoms with Crippen molar-refractivity contribution in [2.24, 2.45) is 11.7 Å². The Balaban J connectivity index is 2.05. The Morgan fingerprint density at radius 1 is 1.23 bits per heavy atom. The van der Waals surface area contributed by atoms with Gasteiger partial charge in [-0.05, 0) is 56.3 Å². The van der Waals surface area contributed by atoms with Gasteiger partial charge in [0.15, 0.2) is 5.82 Å². The molecule has 5 N–H and O–H groups in total. The number of anilines is 1. The van der Waals surface area contributed by atoms with Gasteiger partial charge in [0.25, 0.3) is 0 Å². The molecule has 7 heteroatoms. The van der Waals surface area contributed by atoms with Crippen molar-refractivity contribution in [1.29, 1.82) is 5.26 Å². The van der Waals surface area contributed by atoms with Crippen LogP contribution in [0.15, 0.2) is 18.2 Å². The average molecular weight is 372 g/mol. The summed E-state index contributed by atoms with van der Waals surface area (Å²) >= 11 is 6.05. The fourth-order valence-corrected chi connectivity index (χ4v) is 3.77. The van der Waals surface area contributed by atoms with Gasteiger partial charge in [-0.25, -0.2) is 9.97 Å². The lowest BCUT2D eigenvalue weighted by Gasteiger charge is -2.17. The second-order valence-corrected chi connectivity index (χ2v) is 7.21. The zero-order valence-corrected chi connectivity index (χ0v) is 15.2. The third kappa shape index (κ3) is 3.74. The Kier molecular flexibility index (Phi) is 5.60. The van der Waals surface area contributed by atoms with Gasteiger partial charge >= 0.3 is 0 Å². The number of rotatable bonds is 3. The number of nitrogens with two attached hydrogens (primary N) is 2. The molecule has 1 aromatic carbocycles. The molecule has 1 heterocycles. The lowest BCUT2D eigenvalue weighted by molar-refractivity contribution is 0.466. The van der Waals surface area contributed by atoms with Gasteiger partial charge in [-0.1, -0.05) is 18.0 Å². The molecule has 2 aromatic rings. The molecule has 0 radical (unpaired) electrons. The maximum atomic E-state index is 10.2. The predicted molar refractivity (Wildman–Crippen MR) is 102 cm³/mol. The number of phenolic OH excluding ortho intramolecular Hbond substituents is 1. The van der Waals surface area contributed by atoms with E-state index in [4.69, 9.17) is 23.1 Å². The van der Waals surface area contributed by atoms with E-state index in [9.17, 15) is 10.4 Å². The summed E-state index contributed by atoms with van der Waals surface area (Å²) in [6, 6.07) is 6.83. The first-order valence-corrected chi connectivity index (χ1v) is 9.17. The zero-order chi connectivity index (χ0) is 18.7. The number of hydrogen-bond donors (Lipinski definition) is 3. The van der Waals surface area contributed by atoms with E-state index in [2.05, 4.69) is 16.0 Å².